The van der Waals surface area contributed by atoms with Gasteiger partial charge in [0, 0.05) is 5.56 Å². The largest absolute Gasteiger partial charge is 0.478 e. The third-order valence-corrected chi connectivity index (χ3v) is 7.09. The molecule has 0 aromatic heterocycles. The Balaban J connectivity index is 1.90. The Labute approximate surface area is 199 Å². The number of allylic oxidation sites excluding steroid dienone is 2. The molecule has 176 valence electrons. The molecule has 0 aliphatic rings. The van der Waals surface area contributed by atoms with E-state index in [0.29, 0.717) is 17.7 Å². The van der Waals surface area contributed by atoms with E-state index in [1.54, 1.807) is 42.5 Å². The van der Waals surface area contributed by atoms with E-state index in [1.165, 1.54) is 42.5 Å². The lowest BCUT2D eigenvalue weighted by Crippen LogP contribution is -2.14. The fraction of sp³-hybridized carbons (Fsp3) is 0.185. The zero-order chi connectivity index (χ0) is 24.6. The average Bonchev–Trinajstić information content (AvgIpc) is 2.86. The summed E-state index contributed by atoms with van der Waals surface area (Å²) in [6, 6.07) is 20.2. The number of benzene rings is 3. The van der Waals surface area contributed by atoms with E-state index in [9.17, 15) is 23.1 Å². The zero-order valence-electron chi connectivity index (χ0n) is 18.9. The van der Waals surface area contributed by atoms with Gasteiger partial charge < -0.3 is 10.4 Å². The van der Waals surface area contributed by atoms with Gasteiger partial charge in [-0.15, -0.1) is 0 Å². The molecule has 0 aliphatic carbocycles. The van der Waals surface area contributed by atoms with Gasteiger partial charge in [0.05, 0.1) is 26.7 Å². The molecule has 0 fully saturated rings. The maximum Gasteiger partial charge on any atom is 0.337 e. The van der Waals surface area contributed by atoms with Gasteiger partial charge in [0.25, 0.3) is 0 Å². The number of hydrogen-bond acceptors (Lipinski definition) is 5. The van der Waals surface area contributed by atoms with Crippen LogP contribution in [-0.4, -0.2) is 25.3 Å². The highest BCUT2D eigenvalue weighted by Crippen LogP contribution is 2.23. The summed E-state index contributed by atoms with van der Waals surface area (Å²) in [6.07, 6.45) is 5.35. The Bertz CT molecular complexity index is 1280. The van der Waals surface area contributed by atoms with Crippen molar-refractivity contribution in [2.24, 2.45) is 0 Å². The van der Waals surface area contributed by atoms with Crippen molar-refractivity contribution in [1.82, 2.24) is 0 Å². The number of para-hydroxylation sites is 1. The van der Waals surface area contributed by atoms with E-state index in [-0.39, 0.29) is 26.8 Å². The van der Waals surface area contributed by atoms with Crippen LogP contribution in [0.5, 0.6) is 0 Å². The molecule has 0 unspecified atom stereocenters. The summed E-state index contributed by atoms with van der Waals surface area (Å²) in [6.45, 7) is 2.09. The summed E-state index contributed by atoms with van der Waals surface area (Å²) in [7, 11) is -3.69. The van der Waals surface area contributed by atoms with Gasteiger partial charge in [-0.2, -0.15) is 0 Å². The standard InChI is InChI=1S/C27H27NO5S/c1-2-3-4-8-15-25(28-24-14-10-9-13-23(24)27(30)31)26(29)20-16-18-22(19-17-20)34(32,33)21-11-6-5-7-12-21/h5-7,9-19,28H,2-4,8H2,1H3,(H,30,31). The molecule has 0 spiro atoms. The van der Waals surface area contributed by atoms with Gasteiger partial charge in [-0.3, -0.25) is 4.79 Å². The van der Waals surface area contributed by atoms with Crippen LogP contribution in [0.25, 0.3) is 0 Å². The van der Waals surface area contributed by atoms with Crippen LogP contribution in [0.15, 0.2) is 100 Å². The lowest BCUT2D eigenvalue weighted by molar-refractivity contribution is 0.0697. The van der Waals surface area contributed by atoms with Crippen LogP contribution < -0.4 is 5.32 Å². The Morgan fingerprint density at radius 3 is 2.12 bits per heavy atom. The molecule has 0 bridgehead atoms. The Morgan fingerprint density at radius 2 is 1.47 bits per heavy atom. The van der Waals surface area contributed by atoms with Crippen molar-refractivity contribution in [3.63, 3.8) is 0 Å². The molecule has 34 heavy (non-hydrogen) atoms. The van der Waals surface area contributed by atoms with Gasteiger partial charge in [0.2, 0.25) is 15.6 Å². The number of carboxylic acid groups (broad SMARTS) is 1. The number of Topliss-reactive ketones (excluding diaryl/α,β-unsaturated/α-hetero) is 1. The number of carbonyl (C=O) groups is 2. The van der Waals surface area contributed by atoms with Crippen LogP contribution in [0.4, 0.5) is 5.69 Å². The van der Waals surface area contributed by atoms with Crippen molar-refractivity contribution in [3.05, 3.63) is 102 Å². The number of nitrogens with one attached hydrogen (secondary N) is 1. The number of sulfone groups is 1. The van der Waals surface area contributed by atoms with Crippen LogP contribution in [0.1, 0.15) is 53.3 Å². The molecule has 0 aliphatic heterocycles. The quantitative estimate of drug-likeness (QED) is 0.200. The molecule has 0 saturated heterocycles. The number of hydrogen-bond donors (Lipinski definition) is 2. The Kier molecular flexibility index (Phi) is 8.38. The van der Waals surface area contributed by atoms with Crippen molar-refractivity contribution in [1.29, 1.82) is 0 Å². The van der Waals surface area contributed by atoms with Crippen LogP contribution in [0, 0.1) is 0 Å². The van der Waals surface area contributed by atoms with Crippen LogP contribution >= 0.6 is 0 Å². The monoisotopic (exact) mass is 477 g/mol. The second kappa shape index (κ2) is 11.4. The SMILES string of the molecule is CCCCCC=C(Nc1ccccc1C(=O)O)C(=O)c1ccc(S(=O)(=O)c2ccccc2)cc1. The second-order valence-electron chi connectivity index (χ2n) is 7.76. The van der Waals surface area contributed by atoms with Crippen molar-refractivity contribution in [3.8, 4) is 0 Å². The van der Waals surface area contributed by atoms with Crippen molar-refractivity contribution >= 4 is 27.3 Å². The summed E-state index contributed by atoms with van der Waals surface area (Å²) < 4.78 is 25.7. The molecule has 0 atom stereocenters. The summed E-state index contributed by atoms with van der Waals surface area (Å²) in [4.78, 5) is 25.2. The van der Waals surface area contributed by atoms with E-state index in [0.717, 1.165) is 19.3 Å². The second-order valence-corrected chi connectivity index (χ2v) is 9.71. The first-order valence-electron chi connectivity index (χ1n) is 11.1. The maximum atomic E-state index is 13.3. The molecular formula is C27H27NO5S. The molecule has 6 nitrogen and oxygen atoms in total. The molecular weight excluding hydrogens is 450 g/mol. The van der Waals surface area contributed by atoms with Crippen molar-refractivity contribution in [2.45, 2.75) is 42.4 Å². The van der Waals surface area contributed by atoms with Crippen molar-refractivity contribution < 1.29 is 23.1 Å². The normalized spacial score (nSPS) is 11.7. The molecule has 3 aromatic rings. The number of unbranched alkanes of at least 4 members (excludes halogenated alkanes) is 3. The van der Waals surface area contributed by atoms with Gasteiger partial charge in [-0.25, -0.2) is 13.2 Å². The summed E-state index contributed by atoms with van der Waals surface area (Å²) in [5, 5.41) is 12.5. The predicted octanol–water partition coefficient (Wildman–Crippen LogP) is 5.98. The number of carbonyl (C=O) groups excluding carboxylic acids is 1. The van der Waals surface area contributed by atoms with Gasteiger partial charge >= 0.3 is 5.97 Å². The minimum atomic E-state index is -3.69. The van der Waals surface area contributed by atoms with E-state index in [2.05, 4.69) is 12.2 Å². The molecule has 0 amide bonds. The third kappa shape index (κ3) is 5.99. The molecule has 2 N–H and O–H groups in total. The van der Waals surface area contributed by atoms with Gasteiger partial charge in [-0.1, -0.05) is 56.2 Å². The highest BCUT2D eigenvalue weighted by Gasteiger charge is 2.20. The number of aromatic carboxylic acids is 1. The lowest BCUT2D eigenvalue weighted by Gasteiger charge is -2.13. The molecule has 0 heterocycles. The highest BCUT2D eigenvalue weighted by atomic mass is 32.2. The first kappa shape index (κ1) is 24.9. The van der Waals surface area contributed by atoms with Crippen LogP contribution in [-0.2, 0) is 9.84 Å². The lowest BCUT2D eigenvalue weighted by atomic mass is 10.1. The summed E-state index contributed by atoms with van der Waals surface area (Å²) in [5.74, 6) is -1.45. The third-order valence-electron chi connectivity index (χ3n) is 5.31. The van der Waals surface area contributed by atoms with Gasteiger partial charge in [0.1, 0.15) is 0 Å². The summed E-state index contributed by atoms with van der Waals surface area (Å²) in [5.41, 5.74) is 0.921. The minimum Gasteiger partial charge on any atom is -0.478 e. The van der Waals surface area contributed by atoms with E-state index in [4.69, 9.17) is 0 Å². The number of anilines is 1. The highest BCUT2D eigenvalue weighted by molar-refractivity contribution is 7.91. The molecule has 0 radical (unpaired) electrons. The van der Waals surface area contributed by atoms with Gasteiger partial charge in [0.15, 0.2) is 0 Å². The number of rotatable bonds is 11. The Hall–Kier alpha value is -3.71. The molecule has 3 rings (SSSR count). The van der Waals surface area contributed by atoms with Crippen LogP contribution in [0.2, 0.25) is 0 Å². The Morgan fingerprint density at radius 1 is 0.853 bits per heavy atom. The predicted molar refractivity (Wildman–Crippen MR) is 132 cm³/mol. The first-order valence-corrected chi connectivity index (χ1v) is 12.6. The number of ketones is 1. The summed E-state index contributed by atoms with van der Waals surface area (Å²) >= 11 is 0. The average molecular weight is 478 g/mol. The molecule has 7 heteroatoms. The maximum absolute atomic E-state index is 13.3. The van der Waals surface area contributed by atoms with Crippen LogP contribution in [0.3, 0.4) is 0 Å². The molecule has 3 aromatic carbocycles. The first-order chi connectivity index (χ1) is 16.3. The fourth-order valence-electron chi connectivity index (χ4n) is 3.44. The van der Waals surface area contributed by atoms with E-state index < -0.39 is 15.8 Å². The van der Waals surface area contributed by atoms with E-state index >= 15 is 0 Å². The topological polar surface area (TPSA) is 101 Å². The van der Waals surface area contributed by atoms with Crippen molar-refractivity contribution in [2.75, 3.05) is 5.32 Å². The minimum absolute atomic E-state index is 0.0547. The zero-order valence-corrected chi connectivity index (χ0v) is 19.7. The fourth-order valence-corrected chi connectivity index (χ4v) is 4.72. The van der Waals surface area contributed by atoms with Gasteiger partial charge in [-0.05, 0) is 61.4 Å². The van der Waals surface area contributed by atoms with E-state index in [1.807, 2.05) is 0 Å². The number of carboxylic acids is 1. The smallest absolute Gasteiger partial charge is 0.337 e. The molecule has 0 saturated carbocycles.